The Labute approximate surface area is 73.8 Å². The summed E-state index contributed by atoms with van der Waals surface area (Å²) in [6, 6.07) is 6.08. The molecule has 2 nitrogen and oxygen atoms in total. The van der Waals surface area contributed by atoms with Crippen LogP contribution in [-0.2, 0) is 0 Å². The minimum Gasteiger partial charge on any atom is -0.397 e. The van der Waals surface area contributed by atoms with Crippen molar-refractivity contribution in [2.75, 3.05) is 18.1 Å². The molecule has 0 saturated carbocycles. The molecule has 2 heteroatoms. The fourth-order valence-corrected chi connectivity index (χ4v) is 1.30. The average Bonchev–Trinajstić information content (AvgIpc) is 2.04. The monoisotopic (exact) mass is 164 g/mol. The molecule has 0 aliphatic carbocycles. The van der Waals surface area contributed by atoms with Gasteiger partial charge in [-0.15, -0.1) is 0 Å². The maximum Gasteiger partial charge on any atom is 0.0584 e. The molecule has 0 aliphatic heterocycles. The quantitative estimate of drug-likeness (QED) is 0.659. The van der Waals surface area contributed by atoms with Gasteiger partial charge in [-0.3, -0.25) is 0 Å². The van der Waals surface area contributed by atoms with E-state index in [4.69, 9.17) is 5.73 Å². The van der Waals surface area contributed by atoms with Crippen molar-refractivity contribution in [1.29, 1.82) is 0 Å². The van der Waals surface area contributed by atoms with Crippen LogP contribution in [0.4, 0.5) is 11.4 Å². The van der Waals surface area contributed by atoms with Gasteiger partial charge in [0.25, 0.3) is 0 Å². The Hall–Kier alpha value is -1.18. The highest BCUT2D eigenvalue weighted by Gasteiger charge is 2.05. The van der Waals surface area contributed by atoms with Crippen molar-refractivity contribution < 1.29 is 0 Å². The van der Waals surface area contributed by atoms with Crippen molar-refractivity contribution in [3.8, 4) is 0 Å². The second-order valence-corrected chi connectivity index (χ2v) is 3.21. The van der Waals surface area contributed by atoms with Crippen LogP contribution in [0.5, 0.6) is 0 Å². The predicted molar refractivity (Wildman–Crippen MR) is 54.5 cm³/mol. The van der Waals surface area contributed by atoms with Crippen LogP contribution >= 0.6 is 0 Å². The first-order valence-electron chi connectivity index (χ1n) is 4.23. The summed E-state index contributed by atoms with van der Waals surface area (Å²) in [4.78, 5) is 0. The van der Waals surface area contributed by atoms with Gasteiger partial charge in [-0.25, -0.2) is 0 Å². The second-order valence-electron chi connectivity index (χ2n) is 3.21. The van der Waals surface area contributed by atoms with Gasteiger partial charge in [-0.2, -0.15) is 0 Å². The summed E-state index contributed by atoms with van der Waals surface area (Å²) in [6.45, 7) is 4.29. The lowest BCUT2D eigenvalue weighted by Gasteiger charge is -2.12. The van der Waals surface area contributed by atoms with Gasteiger partial charge in [-0.1, -0.05) is 26.0 Å². The molecule has 1 aromatic rings. The topological polar surface area (TPSA) is 38.0 Å². The van der Waals surface area contributed by atoms with E-state index in [0.717, 1.165) is 11.4 Å². The standard InChI is InChI=1S/C10H16N2/c1-7(2)8-5-4-6-9(12-3)10(8)11/h4-7,12H,11H2,1-3H3. The van der Waals surface area contributed by atoms with Crippen LogP contribution in [0, 0.1) is 0 Å². The Morgan fingerprint density at radius 2 is 2.00 bits per heavy atom. The van der Waals surface area contributed by atoms with Crippen molar-refractivity contribution in [1.82, 2.24) is 0 Å². The van der Waals surface area contributed by atoms with E-state index >= 15 is 0 Å². The lowest BCUT2D eigenvalue weighted by molar-refractivity contribution is 0.870. The van der Waals surface area contributed by atoms with Crippen LogP contribution in [0.25, 0.3) is 0 Å². The van der Waals surface area contributed by atoms with Crippen molar-refractivity contribution in [2.45, 2.75) is 19.8 Å². The highest BCUT2D eigenvalue weighted by atomic mass is 14.8. The van der Waals surface area contributed by atoms with E-state index in [1.165, 1.54) is 5.56 Å². The normalized spacial score (nSPS) is 10.3. The van der Waals surface area contributed by atoms with Crippen molar-refractivity contribution in [3.63, 3.8) is 0 Å². The van der Waals surface area contributed by atoms with Gasteiger partial charge in [-0.05, 0) is 17.5 Å². The Kier molecular flexibility index (Phi) is 2.58. The predicted octanol–water partition coefficient (Wildman–Crippen LogP) is 2.43. The fraction of sp³-hybridized carbons (Fsp3) is 0.400. The first kappa shape index (κ1) is 8.91. The molecular weight excluding hydrogens is 148 g/mol. The molecule has 0 unspecified atom stereocenters. The van der Waals surface area contributed by atoms with Crippen LogP contribution in [-0.4, -0.2) is 7.05 Å². The molecule has 12 heavy (non-hydrogen) atoms. The highest BCUT2D eigenvalue weighted by molar-refractivity contribution is 5.70. The van der Waals surface area contributed by atoms with Gasteiger partial charge in [0.2, 0.25) is 0 Å². The van der Waals surface area contributed by atoms with Crippen LogP contribution in [0.15, 0.2) is 18.2 Å². The summed E-state index contributed by atoms with van der Waals surface area (Å²) in [6.07, 6.45) is 0. The molecule has 3 N–H and O–H groups in total. The summed E-state index contributed by atoms with van der Waals surface area (Å²) in [5, 5.41) is 3.07. The minimum absolute atomic E-state index is 0.485. The van der Waals surface area contributed by atoms with E-state index in [1.54, 1.807) is 0 Å². The largest absolute Gasteiger partial charge is 0.397 e. The first-order chi connectivity index (χ1) is 5.66. The number of para-hydroxylation sites is 1. The van der Waals surface area contributed by atoms with Crippen LogP contribution in [0.3, 0.4) is 0 Å². The Balaban J connectivity index is 3.14. The molecule has 0 amide bonds. The van der Waals surface area contributed by atoms with Gasteiger partial charge >= 0.3 is 0 Å². The number of anilines is 2. The lowest BCUT2D eigenvalue weighted by Crippen LogP contribution is -2.01. The number of nitrogens with one attached hydrogen (secondary N) is 1. The highest BCUT2D eigenvalue weighted by Crippen LogP contribution is 2.27. The average molecular weight is 164 g/mol. The SMILES string of the molecule is CNc1cccc(C(C)C)c1N. The number of hydrogen-bond acceptors (Lipinski definition) is 2. The van der Waals surface area contributed by atoms with E-state index < -0.39 is 0 Å². The summed E-state index contributed by atoms with van der Waals surface area (Å²) in [5.41, 5.74) is 9.03. The number of benzene rings is 1. The van der Waals surface area contributed by atoms with Gasteiger partial charge in [0.15, 0.2) is 0 Å². The molecule has 0 spiro atoms. The summed E-state index contributed by atoms with van der Waals surface area (Å²) >= 11 is 0. The second kappa shape index (κ2) is 3.48. The molecule has 0 atom stereocenters. The molecule has 66 valence electrons. The van der Waals surface area contributed by atoms with Crippen LogP contribution in [0.1, 0.15) is 25.3 Å². The molecule has 0 saturated heterocycles. The molecule has 0 fully saturated rings. The third-order valence-corrected chi connectivity index (χ3v) is 2.03. The third kappa shape index (κ3) is 1.52. The van der Waals surface area contributed by atoms with Crippen LogP contribution < -0.4 is 11.1 Å². The molecule has 1 aromatic carbocycles. The molecule has 0 radical (unpaired) electrons. The molecule has 0 bridgehead atoms. The van der Waals surface area contributed by atoms with Crippen molar-refractivity contribution in [3.05, 3.63) is 23.8 Å². The summed E-state index contributed by atoms with van der Waals surface area (Å²) in [5.74, 6) is 0.485. The zero-order valence-electron chi connectivity index (χ0n) is 7.89. The Morgan fingerprint density at radius 3 is 2.50 bits per heavy atom. The van der Waals surface area contributed by atoms with Gasteiger partial charge < -0.3 is 11.1 Å². The van der Waals surface area contributed by atoms with E-state index in [1.807, 2.05) is 19.2 Å². The molecule has 0 heterocycles. The van der Waals surface area contributed by atoms with E-state index in [2.05, 4.69) is 25.2 Å². The third-order valence-electron chi connectivity index (χ3n) is 2.03. The molecule has 0 aromatic heterocycles. The Bertz CT molecular complexity index is 267. The fourth-order valence-electron chi connectivity index (χ4n) is 1.30. The van der Waals surface area contributed by atoms with Gasteiger partial charge in [0.05, 0.1) is 11.4 Å². The molecular formula is C10H16N2. The number of hydrogen-bond donors (Lipinski definition) is 2. The van der Waals surface area contributed by atoms with Crippen LogP contribution in [0.2, 0.25) is 0 Å². The zero-order valence-corrected chi connectivity index (χ0v) is 7.89. The first-order valence-corrected chi connectivity index (χ1v) is 4.23. The molecule has 1 rings (SSSR count). The smallest absolute Gasteiger partial charge is 0.0584 e. The number of nitrogens with two attached hydrogens (primary N) is 1. The zero-order chi connectivity index (χ0) is 9.14. The van der Waals surface area contributed by atoms with E-state index in [0.29, 0.717) is 5.92 Å². The lowest BCUT2D eigenvalue weighted by atomic mass is 10.0. The number of nitrogen functional groups attached to an aromatic ring is 1. The maximum absolute atomic E-state index is 5.93. The number of rotatable bonds is 2. The van der Waals surface area contributed by atoms with Gasteiger partial charge in [0, 0.05) is 7.05 Å². The van der Waals surface area contributed by atoms with E-state index in [9.17, 15) is 0 Å². The van der Waals surface area contributed by atoms with Crippen molar-refractivity contribution in [2.24, 2.45) is 0 Å². The van der Waals surface area contributed by atoms with Crippen molar-refractivity contribution >= 4 is 11.4 Å². The molecule has 0 aliphatic rings. The Morgan fingerprint density at radius 1 is 1.33 bits per heavy atom. The summed E-state index contributed by atoms with van der Waals surface area (Å²) < 4.78 is 0. The van der Waals surface area contributed by atoms with E-state index in [-0.39, 0.29) is 0 Å². The maximum atomic E-state index is 5.93. The minimum atomic E-state index is 0.485. The summed E-state index contributed by atoms with van der Waals surface area (Å²) in [7, 11) is 1.88. The van der Waals surface area contributed by atoms with Gasteiger partial charge in [0.1, 0.15) is 0 Å².